The monoisotopic (exact) mass is 329 g/mol. The van der Waals surface area contributed by atoms with Gasteiger partial charge in [0.25, 0.3) is 0 Å². The average Bonchev–Trinajstić information content (AvgIpc) is 2.28. The quantitative estimate of drug-likeness (QED) is 0.400. The van der Waals surface area contributed by atoms with Gasteiger partial charge in [0.1, 0.15) is 0 Å². The van der Waals surface area contributed by atoms with E-state index in [1.807, 2.05) is 58.2 Å². The molecular weight excluding hydrogens is 307 g/mol. The molecule has 1 aromatic carbocycles. The number of hydrazine groups is 1. The van der Waals surface area contributed by atoms with E-state index in [2.05, 4.69) is 11.2 Å². The molecule has 0 spiro atoms. The molecule has 0 heterocycles. The van der Waals surface area contributed by atoms with Crippen LogP contribution in [-0.2, 0) is 4.74 Å². The van der Waals surface area contributed by atoms with Gasteiger partial charge in [-0.1, -0.05) is 0 Å². The van der Waals surface area contributed by atoms with Crippen LogP contribution in [0.5, 0.6) is 0 Å². The van der Waals surface area contributed by atoms with Crippen LogP contribution in [0.25, 0.3) is 0 Å². The number of carbonyl (C=O) groups is 1. The predicted molar refractivity (Wildman–Crippen MR) is 77.7 cm³/mol. The fraction of sp³-hybridized carbons (Fsp3) is 0.429. The Morgan fingerprint density at radius 2 is 1.84 bits per heavy atom. The van der Waals surface area contributed by atoms with Gasteiger partial charge in [-0.3, -0.25) is 0 Å². The second-order valence-electron chi connectivity index (χ2n) is 5.05. The van der Waals surface area contributed by atoms with Gasteiger partial charge >= 0.3 is 120 Å². The minimum atomic E-state index is -0.491. The number of benzene rings is 1. The van der Waals surface area contributed by atoms with Gasteiger partial charge in [-0.05, 0) is 0 Å². The SMILES string of the molecule is C[Se]/C(c1ccccc1)=[N+](\C)NC(=O)OC(C)(C)C. The molecule has 0 saturated carbocycles. The molecule has 0 aliphatic carbocycles. The van der Waals surface area contributed by atoms with Crippen LogP contribution < -0.4 is 5.43 Å². The number of hydrazone groups is 1. The molecule has 0 aliphatic rings. The topological polar surface area (TPSA) is 41.3 Å². The summed E-state index contributed by atoms with van der Waals surface area (Å²) in [6.45, 7) is 5.54. The van der Waals surface area contributed by atoms with Gasteiger partial charge in [0.05, 0.1) is 0 Å². The molecule has 1 aromatic rings. The van der Waals surface area contributed by atoms with Crippen molar-refractivity contribution in [2.45, 2.75) is 32.2 Å². The maximum atomic E-state index is 11.7. The van der Waals surface area contributed by atoms with Crippen LogP contribution in [0.4, 0.5) is 4.79 Å². The van der Waals surface area contributed by atoms with E-state index < -0.39 is 11.7 Å². The first-order chi connectivity index (χ1) is 8.83. The Balaban J connectivity index is 2.86. The molecule has 0 atom stereocenters. The Kier molecular flexibility index (Phi) is 5.58. The summed E-state index contributed by atoms with van der Waals surface area (Å²) in [4.78, 5) is 11.7. The Morgan fingerprint density at radius 1 is 1.26 bits per heavy atom. The summed E-state index contributed by atoms with van der Waals surface area (Å²) in [7, 11) is 1.83. The van der Waals surface area contributed by atoms with Crippen LogP contribution >= 0.6 is 0 Å². The molecule has 1 rings (SSSR count). The summed E-state index contributed by atoms with van der Waals surface area (Å²) in [5.74, 6) is 2.11. The Morgan fingerprint density at radius 3 is 2.32 bits per heavy atom. The summed E-state index contributed by atoms with van der Waals surface area (Å²) in [6.07, 6.45) is -0.437. The van der Waals surface area contributed by atoms with Gasteiger partial charge < -0.3 is 0 Å². The number of amides is 1. The Hall–Kier alpha value is -1.32. The van der Waals surface area contributed by atoms with E-state index in [1.165, 1.54) is 0 Å². The molecule has 1 N–H and O–H groups in total. The number of ether oxygens (including phenoxy) is 1. The van der Waals surface area contributed by atoms with Crippen molar-refractivity contribution in [3.8, 4) is 0 Å². The first kappa shape index (κ1) is 15.7. The molecule has 0 unspecified atom stereocenters. The molecule has 5 heteroatoms. The van der Waals surface area contributed by atoms with Crippen molar-refractivity contribution in [3.63, 3.8) is 0 Å². The number of carbonyl (C=O) groups excluding carboxylic acids is 1. The number of nitrogens with one attached hydrogen (secondary N) is 1. The van der Waals surface area contributed by atoms with Gasteiger partial charge in [0.2, 0.25) is 0 Å². The van der Waals surface area contributed by atoms with Gasteiger partial charge in [-0.2, -0.15) is 0 Å². The molecule has 0 radical (unpaired) electrons. The van der Waals surface area contributed by atoms with Crippen molar-refractivity contribution in [2.24, 2.45) is 0 Å². The summed E-state index contributed by atoms with van der Waals surface area (Å²) >= 11 is 0.255. The summed E-state index contributed by atoms with van der Waals surface area (Å²) in [6, 6.07) is 10.0. The fourth-order valence-electron chi connectivity index (χ4n) is 1.52. The third-order valence-corrected chi connectivity index (χ3v) is 4.06. The van der Waals surface area contributed by atoms with Gasteiger partial charge in [-0.15, -0.1) is 0 Å². The van der Waals surface area contributed by atoms with E-state index >= 15 is 0 Å². The van der Waals surface area contributed by atoms with Gasteiger partial charge in [-0.25, -0.2) is 0 Å². The van der Waals surface area contributed by atoms with Crippen molar-refractivity contribution in [1.29, 1.82) is 0 Å². The average molecular weight is 328 g/mol. The molecule has 1 amide bonds. The van der Waals surface area contributed by atoms with Crippen molar-refractivity contribution in [1.82, 2.24) is 5.43 Å². The third-order valence-electron chi connectivity index (χ3n) is 2.18. The molecule has 0 aromatic heterocycles. The molecule has 0 fully saturated rings. The molecule has 0 saturated heterocycles. The molecule has 0 aliphatic heterocycles. The van der Waals surface area contributed by atoms with Crippen LogP contribution in [0.15, 0.2) is 30.3 Å². The second-order valence-corrected chi connectivity index (χ2v) is 6.72. The van der Waals surface area contributed by atoms with E-state index in [0.29, 0.717) is 0 Å². The van der Waals surface area contributed by atoms with Crippen LogP contribution in [0, 0.1) is 0 Å². The van der Waals surface area contributed by atoms with E-state index in [1.54, 1.807) is 4.68 Å². The van der Waals surface area contributed by atoms with Gasteiger partial charge in [0, 0.05) is 0 Å². The number of rotatable bonds is 3. The van der Waals surface area contributed by atoms with E-state index in [0.717, 1.165) is 10.2 Å². The summed E-state index contributed by atoms with van der Waals surface area (Å²) in [5, 5.41) is 0. The van der Waals surface area contributed by atoms with Crippen LogP contribution in [-0.4, -0.2) is 43.0 Å². The normalized spacial score (nSPS) is 12.7. The fourth-order valence-corrected chi connectivity index (χ4v) is 2.97. The van der Waals surface area contributed by atoms with Crippen LogP contribution in [0.1, 0.15) is 26.3 Å². The number of hydrogen-bond acceptors (Lipinski definition) is 2. The zero-order valence-corrected chi connectivity index (χ0v) is 13.8. The third kappa shape index (κ3) is 5.45. The van der Waals surface area contributed by atoms with Crippen molar-refractivity contribution in [3.05, 3.63) is 35.9 Å². The second kappa shape index (κ2) is 6.73. The van der Waals surface area contributed by atoms with Crippen LogP contribution in [0.2, 0.25) is 5.82 Å². The molecule has 104 valence electrons. The number of nitrogens with zero attached hydrogens (tertiary/aromatic N) is 1. The molecule has 19 heavy (non-hydrogen) atoms. The van der Waals surface area contributed by atoms with E-state index in [4.69, 9.17) is 4.74 Å². The minimum absolute atomic E-state index is 0.255. The van der Waals surface area contributed by atoms with Crippen LogP contribution in [0.3, 0.4) is 0 Å². The predicted octanol–water partition coefficient (Wildman–Crippen LogP) is 2.27. The zero-order valence-electron chi connectivity index (χ0n) is 12.1. The Bertz CT molecular complexity index is 464. The van der Waals surface area contributed by atoms with E-state index in [-0.39, 0.29) is 15.0 Å². The van der Waals surface area contributed by atoms with Crippen molar-refractivity contribution >= 4 is 25.7 Å². The van der Waals surface area contributed by atoms with Gasteiger partial charge in [0.15, 0.2) is 0 Å². The summed E-state index contributed by atoms with van der Waals surface area (Å²) in [5.41, 5.74) is 3.36. The molecule has 4 nitrogen and oxygen atoms in total. The Labute approximate surface area is 121 Å². The molecular formula is C14H21N2O2Se+. The maximum absolute atomic E-state index is 11.7. The van der Waals surface area contributed by atoms with Crippen molar-refractivity contribution < 1.29 is 14.2 Å². The first-order valence-corrected chi connectivity index (χ1v) is 8.60. The molecule has 0 bridgehead atoms. The number of hydrogen-bond donors (Lipinski definition) is 1. The zero-order chi connectivity index (χ0) is 14.5. The first-order valence-electron chi connectivity index (χ1n) is 6.03. The van der Waals surface area contributed by atoms with Crippen molar-refractivity contribution in [2.75, 3.05) is 7.05 Å². The summed E-state index contributed by atoms with van der Waals surface area (Å²) < 4.78 is 8.08. The van der Waals surface area contributed by atoms with E-state index in [9.17, 15) is 4.79 Å². The standard InChI is InChI=1S/C14H20N2O2Se/c1-14(2,3)18-13(17)15-16(4)12(19-5)11-9-7-6-8-10-11/h6-10H,1-5H3/p+1/b16-12+.